The van der Waals surface area contributed by atoms with Crippen molar-refractivity contribution in [3.05, 3.63) is 0 Å². The zero-order valence-corrected chi connectivity index (χ0v) is 12.2. The van der Waals surface area contributed by atoms with E-state index in [-0.39, 0.29) is 5.91 Å². The molecule has 0 atom stereocenters. The molecule has 0 radical (unpaired) electrons. The van der Waals surface area contributed by atoms with Crippen LogP contribution in [-0.2, 0) is 9.59 Å². The minimum Gasteiger partial charge on any atom is -0.348 e. The molecule has 1 rings (SSSR count). The summed E-state index contributed by atoms with van der Waals surface area (Å²) in [5.74, 6) is -0.138. The Morgan fingerprint density at radius 3 is 2.74 bits per heavy atom. The first-order valence-corrected chi connectivity index (χ1v) is 7.39. The number of rotatable bonds is 5. The molecule has 1 aliphatic heterocycles. The lowest BCUT2D eigenvalue weighted by molar-refractivity contribution is -0.145. The highest BCUT2D eigenvalue weighted by atomic mass is 16.2. The van der Waals surface area contributed by atoms with E-state index in [1.165, 1.54) is 6.42 Å². The van der Waals surface area contributed by atoms with E-state index < -0.39 is 5.91 Å². The second kappa shape index (κ2) is 8.91. The van der Waals surface area contributed by atoms with Gasteiger partial charge in [-0.25, -0.2) is 0 Å². The van der Waals surface area contributed by atoms with E-state index in [1.807, 2.05) is 0 Å². The van der Waals surface area contributed by atoms with E-state index in [2.05, 4.69) is 24.5 Å². The number of carbonyl (C=O) groups is 2. The summed E-state index contributed by atoms with van der Waals surface area (Å²) in [6.07, 6.45) is 4.12. The Morgan fingerprint density at radius 2 is 2.00 bits per heavy atom. The molecule has 0 unspecified atom stereocenters. The summed E-state index contributed by atoms with van der Waals surface area (Å²) in [5, 5.41) is 5.94. The van der Waals surface area contributed by atoms with Gasteiger partial charge < -0.3 is 15.5 Å². The van der Waals surface area contributed by atoms with Crippen molar-refractivity contribution >= 4 is 11.8 Å². The van der Waals surface area contributed by atoms with E-state index in [4.69, 9.17) is 0 Å². The van der Waals surface area contributed by atoms with Gasteiger partial charge in [0.15, 0.2) is 0 Å². The van der Waals surface area contributed by atoms with Gasteiger partial charge in [0.1, 0.15) is 0 Å². The Balaban J connectivity index is 2.18. The molecule has 1 heterocycles. The Bertz CT molecular complexity index is 284. The summed E-state index contributed by atoms with van der Waals surface area (Å²) < 4.78 is 0. The van der Waals surface area contributed by atoms with Crippen LogP contribution in [0.1, 0.15) is 39.5 Å². The summed E-state index contributed by atoms with van der Waals surface area (Å²) in [6, 6.07) is 0. The fraction of sp³-hybridized carbons (Fsp3) is 0.857. The average Bonchev–Trinajstić information content (AvgIpc) is 2.65. The summed E-state index contributed by atoms with van der Waals surface area (Å²) in [4.78, 5) is 25.3. The molecule has 0 saturated carbocycles. The van der Waals surface area contributed by atoms with Crippen molar-refractivity contribution in [3.63, 3.8) is 0 Å². The van der Waals surface area contributed by atoms with Gasteiger partial charge in [0.25, 0.3) is 0 Å². The molecule has 0 aromatic heterocycles. The van der Waals surface area contributed by atoms with Crippen LogP contribution in [0.5, 0.6) is 0 Å². The van der Waals surface area contributed by atoms with E-state index in [1.54, 1.807) is 4.90 Å². The molecule has 0 spiro atoms. The molecule has 1 saturated heterocycles. The third-order valence-electron chi connectivity index (χ3n) is 3.32. The number of amides is 2. The molecule has 1 fully saturated rings. The quantitative estimate of drug-likeness (QED) is 0.572. The smallest absolute Gasteiger partial charge is 0.311 e. The SMILES string of the molecule is CC(C)CCCCNC(=O)C(=O)N1CCCNCC1. The fourth-order valence-corrected chi connectivity index (χ4v) is 2.15. The maximum Gasteiger partial charge on any atom is 0.311 e. The van der Waals surface area contributed by atoms with Crippen LogP contribution in [0, 0.1) is 5.92 Å². The molecule has 19 heavy (non-hydrogen) atoms. The summed E-state index contributed by atoms with van der Waals surface area (Å²) in [7, 11) is 0. The first kappa shape index (κ1) is 16.0. The van der Waals surface area contributed by atoms with Crippen LogP contribution in [0.15, 0.2) is 0 Å². The van der Waals surface area contributed by atoms with Crippen LogP contribution in [0.25, 0.3) is 0 Å². The van der Waals surface area contributed by atoms with Crippen LogP contribution < -0.4 is 10.6 Å². The molecule has 0 aliphatic carbocycles. The maximum atomic E-state index is 11.9. The normalized spacial score (nSPS) is 16.3. The van der Waals surface area contributed by atoms with Gasteiger partial charge in [-0.3, -0.25) is 9.59 Å². The van der Waals surface area contributed by atoms with Gasteiger partial charge >= 0.3 is 11.8 Å². The average molecular weight is 269 g/mol. The molecular formula is C14H27N3O2. The van der Waals surface area contributed by atoms with Gasteiger partial charge in [0, 0.05) is 26.2 Å². The van der Waals surface area contributed by atoms with Gasteiger partial charge in [0.05, 0.1) is 0 Å². The lowest BCUT2D eigenvalue weighted by Crippen LogP contribution is -2.44. The van der Waals surface area contributed by atoms with Crippen LogP contribution in [0.3, 0.4) is 0 Å². The minimum atomic E-state index is -0.452. The number of nitrogens with one attached hydrogen (secondary N) is 2. The molecule has 5 heteroatoms. The molecule has 110 valence electrons. The fourth-order valence-electron chi connectivity index (χ4n) is 2.15. The van der Waals surface area contributed by atoms with Crippen molar-refractivity contribution in [2.24, 2.45) is 5.92 Å². The molecule has 2 amide bonds. The predicted molar refractivity (Wildman–Crippen MR) is 75.8 cm³/mol. The van der Waals surface area contributed by atoms with E-state index in [0.717, 1.165) is 32.4 Å². The van der Waals surface area contributed by atoms with Gasteiger partial charge in [0.2, 0.25) is 0 Å². The van der Waals surface area contributed by atoms with Crippen molar-refractivity contribution in [1.82, 2.24) is 15.5 Å². The second-order valence-electron chi connectivity index (χ2n) is 5.54. The lowest BCUT2D eigenvalue weighted by Gasteiger charge is -2.19. The van der Waals surface area contributed by atoms with E-state index in [0.29, 0.717) is 25.6 Å². The highest BCUT2D eigenvalue weighted by Gasteiger charge is 2.21. The zero-order valence-electron chi connectivity index (χ0n) is 12.2. The van der Waals surface area contributed by atoms with E-state index >= 15 is 0 Å². The molecule has 5 nitrogen and oxygen atoms in total. The molecular weight excluding hydrogens is 242 g/mol. The Labute approximate surface area is 116 Å². The van der Waals surface area contributed by atoms with Crippen molar-refractivity contribution in [2.75, 3.05) is 32.7 Å². The number of hydrogen-bond acceptors (Lipinski definition) is 3. The predicted octanol–water partition coefficient (Wildman–Crippen LogP) is 0.751. The monoisotopic (exact) mass is 269 g/mol. The van der Waals surface area contributed by atoms with Gasteiger partial charge in [-0.2, -0.15) is 0 Å². The standard InChI is InChI=1S/C14H27N3O2/c1-12(2)6-3-4-8-16-13(18)14(19)17-10-5-7-15-9-11-17/h12,15H,3-11H2,1-2H3,(H,16,18). The third kappa shape index (κ3) is 6.57. The first-order chi connectivity index (χ1) is 9.11. The lowest BCUT2D eigenvalue weighted by atomic mass is 10.1. The summed E-state index contributed by atoms with van der Waals surface area (Å²) in [5.41, 5.74) is 0. The van der Waals surface area contributed by atoms with Crippen molar-refractivity contribution in [1.29, 1.82) is 0 Å². The van der Waals surface area contributed by atoms with Crippen molar-refractivity contribution < 1.29 is 9.59 Å². The molecule has 2 N–H and O–H groups in total. The number of carbonyl (C=O) groups excluding carboxylic acids is 2. The van der Waals surface area contributed by atoms with Crippen molar-refractivity contribution in [2.45, 2.75) is 39.5 Å². The maximum absolute atomic E-state index is 11.9. The van der Waals surface area contributed by atoms with Gasteiger partial charge in [-0.15, -0.1) is 0 Å². The van der Waals surface area contributed by atoms with Crippen LogP contribution >= 0.6 is 0 Å². The van der Waals surface area contributed by atoms with Gasteiger partial charge in [-0.05, 0) is 25.3 Å². The topological polar surface area (TPSA) is 61.4 Å². The molecule has 0 aromatic carbocycles. The Kier molecular flexibility index (Phi) is 7.48. The number of nitrogens with zero attached hydrogens (tertiary/aromatic N) is 1. The summed E-state index contributed by atoms with van der Waals surface area (Å²) in [6.45, 7) is 7.97. The largest absolute Gasteiger partial charge is 0.348 e. The summed E-state index contributed by atoms with van der Waals surface area (Å²) >= 11 is 0. The molecule has 0 bridgehead atoms. The van der Waals surface area contributed by atoms with Crippen molar-refractivity contribution in [3.8, 4) is 0 Å². The first-order valence-electron chi connectivity index (χ1n) is 7.39. The number of hydrogen-bond donors (Lipinski definition) is 2. The highest BCUT2D eigenvalue weighted by molar-refractivity contribution is 6.35. The van der Waals surface area contributed by atoms with Crippen LogP contribution in [-0.4, -0.2) is 49.4 Å². The molecule has 0 aromatic rings. The number of unbranched alkanes of at least 4 members (excludes halogenated alkanes) is 1. The van der Waals surface area contributed by atoms with Crippen LogP contribution in [0.2, 0.25) is 0 Å². The van der Waals surface area contributed by atoms with E-state index in [9.17, 15) is 9.59 Å². The Hall–Kier alpha value is -1.10. The zero-order chi connectivity index (χ0) is 14.1. The van der Waals surface area contributed by atoms with Gasteiger partial charge in [-0.1, -0.05) is 26.7 Å². The second-order valence-corrected chi connectivity index (χ2v) is 5.54. The third-order valence-corrected chi connectivity index (χ3v) is 3.32. The molecule has 1 aliphatic rings. The minimum absolute atomic E-state index is 0.382. The van der Waals surface area contributed by atoms with Crippen LogP contribution in [0.4, 0.5) is 0 Å². The highest BCUT2D eigenvalue weighted by Crippen LogP contribution is 2.05. The Morgan fingerprint density at radius 1 is 1.21 bits per heavy atom.